The van der Waals surface area contributed by atoms with E-state index in [9.17, 15) is 0 Å². The molecule has 1 saturated heterocycles. The number of fused-ring (bicyclic) bond motifs is 2. The Bertz CT molecular complexity index is 1070. The molecule has 0 spiro atoms. The van der Waals surface area contributed by atoms with Crippen molar-refractivity contribution in [3.63, 3.8) is 0 Å². The van der Waals surface area contributed by atoms with Crippen LogP contribution in [0.1, 0.15) is 94.2 Å². The Balaban J connectivity index is 1.03. The van der Waals surface area contributed by atoms with Crippen LogP contribution in [-0.4, -0.2) is 82.7 Å². The van der Waals surface area contributed by atoms with Gasteiger partial charge in [0.25, 0.3) is 0 Å². The molecule has 6 nitrogen and oxygen atoms in total. The van der Waals surface area contributed by atoms with Gasteiger partial charge >= 0.3 is 0 Å². The van der Waals surface area contributed by atoms with Crippen molar-refractivity contribution in [3.05, 3.63) is 35.5 Å². The monoisotopic (exact) mass is 594 g/mol. The third kappa shape index (κ3) is 7.13. The lowest BCUT2D eigenvalue weighted by atomic mass is 9.64. The van der Waals surface area contributed by atoms with Gasteiger partial charge in [0.2, 0.25) is 0 Å². The molecule has 43 heavy (non-hydrogen) atoms. The summed E-state index contributed by atoms with van der Waals surface area (Å²) in [7, 11) is 10.1. The molecule has 1 aromatic rings. The van der Waals surface area contributed by atoms with Crippen LogP contribution >= 0.6 is 0 Å². The van der Waals surface area contributed by atoms with Gasteiger partial charge in [-0.05, 0) is 156 Å². The van der Waals surface area contributed by atoms with Crippen LogP contribution < -0.4 is 4.74 Å². The van der Waals surface area contributed by atoms with E-state index < -0.39 is 0 Å². The summed E-state index contributed by atoms with van der Waals surface area (Å²) in [5.74, 6) is 4.85. The lowest BCUT2D eigenvalue weighted by Crippen LogP contribution is -2.49. The van der Waals surface area contributed by atoms with Crippen molar-refractivity contribution >= 4 is 6.08 Å². The average molecular weight is 595 g/mol. The van der Waals surface area contributed by atoms with Crippen molar-refractivity contribution in [1.29, 1.82) is 0 Å². The van der Waals surface area contributed by atoms with Crippen molar-refractivity contribution in [2.75, 3.05) is 48.5 Å². The summed E-state index contributed by atoms with van der Waals surface area (Å²) in [6.45, 7) is 2.54. The highest BCUT2D eigenvalue weighted by atomic mass is 16.5. The highest BCUT2D eigenvalue weighted by Crippen LogP contribution is 2.46. The van der Waals surface area contributed by atoms with Crippen LogP contribution in [0.4, 0.5) is 0 Å². The summed E-state index contributed by atoms with van der Waals surface area (Å²) < 4.78 is 24.7. The molecule has 4 fully saturated rings. The first-order chi connectivity index (χ1) is 20.9. The van der Waals surface area contributed by atoms with Gasteiger partial charge in [0.1, 0.15) is 5.75 Å². The molecule has 240 valence electrons. The third-order valence-corrected chi connectivity index (χ3v) is 12.3. The molecular weight excluding hydrogens is 536 g/mol. The van der Waals surface area contributed by atoms with Crippen LogP contribution in [0.15, 0.2) is 24.4 Å². The van der Waals surface area contributed by atoms with Crippen LogP contribution in [0.3, 0.4) is 0 Å². The molecular formula is C37H58N2O4. The zero-order valence-corrected chi connectivity index (χ0v) is 27.6. The van der Waals surface area contributed by atoms with Crippen LogP contribution in [0.2, 0.25) is 0 Å². The first-order valence-electron chi connectivity index (χ1n) is 17.4. The van der Waals surface area contributed by atoms with Gasteiger partial charge < -0.3 is 28.7 Å². The Morgan fingerprint density at radius 3 is 2.33 bits per heavy atom. The van der Waals surface area contributed by atoms with Gasteiger partial charge in [-0.3, -0.25) is 0 Å². The van der Waals surface area contributed by atoms with E-state index in [0.717, 1.165) is 48.7 Å². The van der Waals surface area contributed by atoms with E-state index in [0.29, 0.717) is 24.2 Å². The number of hydrogen-bond acceptors (Lipinski definition) is 6. The second kappa shape index (κ2) is 14.2. The van der Waals surface area contributed by atoms with Gasteiger partial charge in [0, 0.05) is 27.8 Å². The van der Waals surface area contributed by atoms with Gasteiger partial charge in [0.05, 0.1) is 37.6 Å². The lowest BCUT2D eigenvalue weighted by Gasteiger charge is -2.49. The van der Waals surface area contributed by atoms with Crippen LogP contribution in [0.25, 0.3) is 6.08 Å². The summed E-state index contributed by atoms with van der Waals surface area (Å²) in [4.78, 5) is 4.95. The van der Waals surface area contributed by atoms with Gasteiger partial charge in [-0.15, -0.1) is 0 Å². The molecule has 3 aliphatic carbocycles. The smallest absolute Gasteiger partial charge is 0.119 e. The van der Waals surface area contributed by atoms with E-state index in [1.54, 1.807) is 7.11 Å². The maximum atomic E-state index is 6.96. The molecule has 1 aromatic carbocycles. The number of likely N-dealkylation sites (tertiary alicyclic amines) is 1. The summed E-state index contributed by atoms with van der Waals surface area (Å²) in [6.07, 6.45) is 20.6. The van der Waals surface area contributed by atoms with Crippen LogP contribution in [-0.2, 0) is 14.2 Å². The second-order valence-electron chi connectivity index (χ2n) is 14.7. The largest absolute Gasteiger partial charge is 0.497 e. The predicted octanol–water partition coefficient (Wildman–Crippen LogP) is 7.18. The molecule has 2 aliphatic heterocycles. The van der Waals surface area contributed by atoms with Crippen LogP contribution in [0.5, 0.6) is 5.75 Å². The number of methoxy groups -OCH3 is 3. The molecule has 6 rings (SSSR count). The average Bonchev–Trinajstić information content (AvgIpc) is 3.03. The van der Waals surface area contributed by atoms with Crippen molar-refractivity contribution in [2.45, 2.75) is 108 Å². The number of ether oxygens (including phenoxy) is 4. The van der Waals surface area contributed by atoms with Gasteiger partial charge in [-0.1, -0.05) is 6.07 Å². The minimum absolute atomic E-state index is 0.203. The SMILES string of the molecule is COc1ccc2c(c1)C(CC1CCC(OC)C(OC3CCC(CC4C(OC)CCC5CCN(C)CC54)CC3)C1)N(C)C=C2. The molecule has 0 aromatic heterocycles. The Labute approximate surface area is 261 Å². The van der Waals surface area contributed by atoms with E-state index in [1.165, 1.54) is 82.0 Å². The topological polar surface area (TPSA) is 43.4 Å². The standard InChI is InChI=1S/C37H58N2O4/c1-38-18-16-28-10-15-35(41-4)32(33(28)24-38)20-25-6-11-29(12-7-25)43-37-22-26(8-14-36(37)42-5)21-34-31-23-30(40-3)13-9-27(31)17-19-39(34)2/h9,13,17,19,23,25-26,28-29,32-37H,6-8,10-12,14-16,18,20-22,24H2,1-5H3. The zero-order chi connectivity index (χ0) is 29.9. The first-order valence-corrected chi connectivity index (χ1v) is 17.4. The molecule has 0 bridgehead atoms. The molecule has 8 atom stereocenters. The minimum atomic E-state index is 0.203. The highest BCUT2D eigenvalue weighted by Gasteiger charge is 2.43. The normalized spacial score (nSPS) is 38.4. The van der Waals surface area contributed by atoms with Gasteiger partial charge in [-0.2, -0.15) is 0 Å². The Hall–Kier alpha value is -1.60. The van der Waals surface area contributed by atoms with Gasteiger partial charge in [0.15, 0.2) is 0 Å². The van der Waals surface area contributed by atoms with Gasteiger partial charge in [-0.25, -0.2) is 0 Å². The fourth-order valence-corrected chi connectivity index (χ4v) is 9.73. The maximum absolute atomic E-state index is 6.96. The molecule has 0 amide bonds. The number of piperidine rings is 1. The quantitative estimate of drug-likeness (QED) is 0.302. The Morgan fingerprint density at radius 2 is 1.56 bits per heavy atom. The molecule has 3 saturated carbocycles. The van der Waals surface area contributed by atoms with Crippen molar-refractivity contribution in [3.8, 4) is 5.75 Å². The fraction of sp³-hybridized carbons (Fsp3) is 0.784. The number of benzene rings is 1. The van der Waals surface area contributed by atoms with Crippen molar-refractivity contribution in [1.82, 2.24) is 9.80 Å². The molecule has 0 N–H and O–H groups in total. The van der Waals surface area contributed by atoms with E-state index in [1.807, 2.05) is 14.2 Å². The van der Waals surface area contributed by atoms with Crippen molar-refractivity contribution in [2.24, 2.45) is 29.6 Å². The van der Waals surface area contributed by atoms with E-state index >= 15 is 0 Å². The number of nitrogens with zero attached hydrogens (tertiary/aromatic N) is 2. The summed E-state index contributed by atoms with van der Waals surface area (Å²) in [5.41, 5.74) is 2.70. The third-order valence-electron chi connectivity index (χ3n) is 12.3. The summed E-state index contributed by atoms with van der Waals surface area (Å²) >= 11 is 0. The molecule has 6 heteroatoms. The highest BCUT2D eigenvalue weighted by molar-refractivity contribution is 5.58. The first kappa shape index (κ1) is 31.4. The fourth-order valence-electron chi connectivity index (χ4n) is 9.73. The number of rotatable bonds is 9. The predicted molar refractivity (Wildman–Crippen MR) is 173 cm³/mol. The van der Waals surface area contributed by atoms with Crippen LogP contribution in [0, 0.1) is 29.6 Å². The summed E-state index contributed by atoms with van der Waals surface area (Å²) in [5, 5.41) is 0. The maximum Gasteiger partial charge on any atom is 0.119 e. The summed E-state index contributed by atoms with van der Waals surface area (Å²) in [6, 6.07) is 6.88. The second-order valence-corrected chi connectivity index (χ2v) is 14.7. The lowest BCUT2D eigenvalue weighted by molar-refractivity contribution is -0.129. The molecule has 0 radical (unpaired) electrons. The van der Waals surface area contributed by atoms with E-state index in [2.05, 4.69) is 54.4 Å². The molecule has 8 unspecified atom stereocenters. The molecule has 2 heterocycles. The molecule has 5 aliphatic rings. The van der Waals surface area contributed by atoms with Crippen molar-refractivity contribution < 1.29 is 18.9 Å². The Kier molecular flexibility index (Phi) is 10.4. The van der Waals surface area contributed by atoms with E-state index in [-0.39, 0.29) is 12.2 Å². The van der Waals surface area contributed by atoms with E-state index in [4.69, 9.17) is 18.9 Å². The Morgan fingerprint density at radius 1 is 0.791 bits per heavy atom. The minimum Gasteiger partial charge on any atom is -0.497 e. The number of hydrogen-bond donors (Lipinski definition) is 0. The zero-order valence-electron chi connectivity index (χ0n) is 27.6.